The number of nitrogens with zero attached hydrogens (tertiary/aromatic N) is 2. The fourth-order valence-corrected chi connectivity index (χ4v) is 2.40. The van der Waals surface area contributed by atoms with Crippen molar-refractivity contribution in [3.63, 3.8) is 0 Å². The number of hydrogen-bond donors (Lipinski definition) is 2. The van der Waals surface area contributed by atoms with Gasteiger partial charge in [-0.3, -0.25) is 4.79 Å². The molecule has 0 spiro atoms. The van der Waals surface area contributed by atoms with Gasteiger partial charge in [-0.1, -0.05) is 30.3 Å². The molecule has 1 atom stereocenters. The summed E-state index contributed by atoms with van der Waals surface area (Å²) in [5.74, 6) is 0.421. The van der Waals surface area contributed by atoms with Crippen molar-refractivity contribution >= 4 is 5.82 Å². The van der Waals surface area contributed by atoms with Crippen molar-refractivity contribution in [2.75, 3.05) is 11.9 Å². The van der Waals surface area contributed by atoms with E-state index in [2.05, 4.69) is 10.3 Å². The zero-order valence-corrected chi connectivity index (χ0v) is 11.9. The summed E-state index contributed by atoms with van der Waals surface area (Å²) in [6.07, 6.45) is 6.37. The van der Waals surface area contributed by atoms with Gasteiger partial charge >= 0.3 is 0 Å². The Bertz CT molecular complexity index is 649. The molecule has 3 rings (SSSR count). The first-order chi connectivity index (χ1) is 10.3. The lowest BCUT2D eigenvalue weighted by Crippen LogP contribution is -2.25. The second kappa shape index (κ2) is 6.10. The van der Waals surface area contributed by atoms with Crippen LogP contribution in [0.25, 0.3) is 0 Å². The van der Waals surface area contributed by atoms with Crippen LogP contribution in [-0.2, 0) is 0 Å². The molecule has 110 valence electrons. The van der Waals surface area contributed by atoms with Gasteiger partial charge in [0, 0.05) is 31.0 Å². The first-order valence-electron chi connectivity index (χ1n) is 7.37. The van der Waals surface area contributed by atoms with Crippen LogP contribution in [-0.4, -0.2) is 16.1 Å². The second-order valence-corrected chi connectivity index (χ2v) is 5.45. The van der Waals surface area contributed by atoms with Crippen LogP contribution < -0.4 is 16.6 Å². The molecule has 1 aliphatic carbocycles. The molecule has 5 heteroatoms. The highest BCUT2D eigenvalue weighted by Crippen LogP contribution is 2.33. The SMILES string of the molecule is NC(CCNc1nccn(C2CC2)c1=O)c1ccccc1. The van der Waals surface area contributed by atoms with E-state index >= 15 is 0 Å². The van der Waals surface area contributed by atoms with E-state index < -0.39 is 0 Å². The van der Waals surface area contributed by atoms with Crippen molar-refractivity contribution in [1.29, 1.82) is 0 Å². The number of nitrogens with one attached hydrogen (secondary N) is 1. The van der Waals surface area contributed by atoms with Gasteiger partial charge < -0.3 is 15.6 Å². The zero-order chi connectivity index (χ0) is 14.7. The molecule has 3 N–H and O–H groups in total. The monoisotopic (exact) mass is 284 g/mol. The molecule has 1 saturated carbocycles. The molecule has 1 fully saturated rings. The summed E-state index contributed by atoms with van der Waals surface area (Å²) >= 11 is 0. The van der Waals surface area contributed by atoms with E-state index in [-0.39, 0.29) is 11.6 Å². The van der Waals surface area contributed by atoms with Gasteiger partial charge in [-0.2, -0.15) is 0 Å². The molecule has 0 aliphatic heterocycles. The molecule has 2 aromatic rings. The molecule has 1 heterocycles. The van der Waals surface area contributed by atoms with Gasteiger partial charge in [0.25, 0.3) is 5.56 Å². The van der Waals surface area contributed by atoms with Crippen molar-refractivity contribution in [2.45, 2.75) is 31.3 Å². The van der Waals surface area contributed by atoms with Crippen molar-refractivity contribution in [3.8, 4) is 0 Å². The van der Waals surface area contributed by atoms with Gasteiger partial charge in [0.05, 0.1) is 0 Å². The summed E-state index contributed by atoms with van der Waals surface area (Å²) in [7, 11) is 0. The Morgan fingerprint density at radius 1 is 1.33 bits per heavy atom. The van der Waals surface area contributed by atoms with Gasteiger partial charge in [-0.05, 0) is 24.8 Å². The van der Waals surface area contributed by atoms with Gasteiger partial charge in [0.2, 0.25) is 0 Å². The van der Waals surface area contributed by atoms with Crippen LogP contribution >= 0.6 is 0 Å². The van der Waals surface area contributed by atoms with E-state index in [1.807, 2.05) is 30.3 Å². The normalized spacial score (nSPS) is 15.7. The third kappa shape index (κ3) is 3.31. The quantitative estimate of drug-likeness (QED) is 0.852. The summed E-state index contributed by atoms with van der Waals surface area (Å²) in [6, 6.07) is 10.3. The van der Waals surface area contributed by atoms with E-state index in [9.17, 15) is 4.79 Å². The molecule has 21 heavy (non-hydrogen) atoms. The first kappa shape index (κ1) is 13.8. The number of aromatic nitrogens is 2. The molecule has 0 radical (unpaired) electrons. The van der Waals surface area contributed by atoms with Crippen LogP contribution in [0, 0.1) is 0 Å². The molecule has 1 aromatic carbocycles. The molecule has 1 unspecified atom stereocenters. The number of rotatable bonds is 6. The molecule has 0 amide bonds. The molecular formula is C16H20N4O. The van der Waals surface area contributed by atoms with E-state index in [1.165, 1.54) is 0 Å². The maximum absolute atomic E-state index is 12.2. The summed E-state index contributed by atoms with van der Waals surface area (Å²) in [5.41, 5.74) is 7.21. The lowest BCUT2D eigenvalue weighted by Gasteiger charge is -2.13. The van der Waals surface area contributed by atoms with Crippen molar-refractivity contribution in [3.05, 3.63) is 58.6 Å². The Morgan fingerprint density at radius 2 is 2.10 bits per heavy atom. The van der Waals surface area contributed by atoms with Gasteiger partial charge in [-0.25, -0.2) is 4.98 Å². The average Bonchev–Trinajstić information content (AvgIpc) is 3.34. The average molecular weight is 284 g/mol. The van der Waals surface area contributed by atoms with Crippen LogP contribution in [0.5, 0.6) is 0 Å². The Balaban J connectivity index is 1.58. The van der Waals surface area contributed by atoms with Gasteiger partial charge in [0.1, 0.15) is 0 Å². The first-order valence-corrected chi connectivity index (χ1v) is 7.37. The Kier molecular flexibility index (Phi) is 4.01. The number of hydrogen-bond acceptors (Lipinski definition) is 4. The summed E-state index contributed by atoms with van der Waals surface area (Å²) in [6.45, 7) is 0.632. The van der Waals surface area contributed by atoms with Crippen molar-refractivity contribution in [1.82, 2.24) is 9.55 Å². The topological polar surface area (TPSA) is 72.9 Å². The summed E-state index contributed by atoms with van der Waals surface area (Å²) in [4.78, 5) is 16.3. The van der Waals surface area contributed by atoms with E-state index in [4.69, 9.17) is 5.73 Å². The molecule has 1 aromatic heterocycles. The number of nitrogens with two attached hydrogens (primary N) is 1. The highest BCUT2D eigenvalue weighted by molar-refractivity contribution is 5.31. The standard InChI is InChI=1S/C16H20N4O/c17-14(12-4-2-1-3-5-12)8-9-18-15-16(21)20(11-10-19-15)13-6-7-13/h1-5,10-11,13-14H,6-9,17H2,(H,18,19). The highest BCUT2D eigenvalue weighted by atomic mass is 16.1. The fraction of sp³-hybridized carbons (Fsp3) is 0.375. The van der Waals surface area contributed by atoms with Gasteiger partial charge in [0.15, 0.2) is 5.82 Å². The minimum atomic E-state index is -0.0342. The number of benzene rings is 1. The maximum Gasteiger partial charge on any atom is 0.293 e. The van der Waals surface area contributed by atoms with Crippen LogP contribution in [0.1, 0.15) is 36.9 Å². The minimum Gasteiger partial charge on any atom is -0.365 e. The number of anilines is 1. The molecular weight excluding hydrogens is 264 g/mol. The van der Waals surface area contributed by atoms with Crippen LogP contribution in [0.4, 0.5) is 5.82 Å². The third-order valence-electron chi connectivity index (χ3n) is 3.78. The Labute approximate surface area is 123 Å². The fourth-order valence-electron chi connectivity index (χ4n) is 2.40. The minimum absolute atomic E-state index is 0.0340. The summed E-state index contributed by atoms with van der Waals surface area (Å²) in [5, 5.41) is 3.11. The van der Waals surface area contributed by atoms with E-state index in [1.54, 1.807) is 17.0 Å². The van der Waals surface area contributed by atoms with Crippen molar-refractivity contribution in [2.24, 2.45) is 5.73 Å². The molecule has 0 bridgehead atoms. The Morgan fingerprint density at radius 3 is 2.81 bits per heavy atom. The van der Waals surface area contributed by atoms with Gasteiger partial charge in [-0.15, -0.1) is 0 Å². The predicted molar refractivity (Wildman–Crippen MR) is 83.2 cm³/mol. The smallest absolute Gasteiger partial charge is 0.293 e. The van der Waals surface area contributed by atoms with Crippen LogP contribution in [0.3, 0.4) is 0 Å². The van der Waals surface area contributed by atoms with Crippen molar-refractivity contribution < 1.29 is 0 Å². The zero-order valence-electron chi connectivity index (χ0n) is 11.9. The Hall–Kier alpha value is -2.14. The molecule has 1 aliphatic rings. The van der Waals surface area contributed by atoms with Crippen LogP contribution in [0.15, 0.2) is 47.5 Å². The summed E-state index contributed by atoms with van der Waals surface area (Å²) < 4.78 is 1.77. The largest absolute Gasteiger partial charge is 0.365 e. The lowest BCUT2D eigenvalue weighted by atomic mass is 10.1. The van der Waals surface area contributed by atoms with E-state index in [0.717, 1.165) is 24.8 Å². The van der Waals surface area contributed by atoms with E-state index in [0.29, 0.717) is 18.4 Å². The predicted octanol–water partition coefficient (Wildman–Crippen LogP) is 2.08. The highest BCUT2D eigenvalue weighted by Gasteiger charge is 2.25. The third-order valence-corrected chi connectivity index (χ3v) is 3.78. The van der Waals surface area contributed by atoms with Crippen LogP contribution in [0.2, 0.25) is 0 Å². The second-order valence-electron chi connectivity index (χ2n) is 5.45. The maximum atomic E-state index is 12.2. The molecule has 0 saturated heterocycles. The molecule has 5 nitrogen and oxygen atoms in total. The lowest BCUT2D eigenvalue weighted by molar-refractivity contribution is 0.667.